The SMILES string of the molecule is C.C[NH+](C)C.[Rb+]. The molecule has 1 nitrogen and oxygen atoms in total. The van der Waals surface area contributed by atoms with E-state index < -0.39 is 0 Å². The van der Waals surface area contributed by atoms with Crippen molar-refractivity contribution >= 4 is 0 Å². The summed E-state index contributed by atoms with van der Waals surface area (Å²) in [5, 5.41) is 0. The molecule has 0 amide bonds. The average molecular weight is 162 g/mol. The minimum Gasteiger partial charge on any atom is -0.342 e. The molecular weight excluding hydrogens is 148 g/mol. The van der Waals surface area contributed by atoms with E-state index in [1.165, 1.54) is 4.90 Å². The van der Waals surface area contributed by atoms with E-state index in [0.29, 0.717) is 0 Å². The van der Waals surface area contributed by atoms with E-state index >= 15 is 0 Å². The molecule has 1 N–H and O–H groups in total. The molecule has 0 spiro atoms. The molecule has 0 fully saturated rings. The summed E-state index contributed by atoms with van der Waals surface area (Å²) in [6, 6.07) is 0. The third kappa shape index (κ3) is 42.0. The Hall–Kier alpha value is 1.77. The molecule has 0 aliphatic rings. The van der Waals surface area contributed by atoms with Crippen molar-refractivity contribution < 1.29 is 63.1 Å². The molecule has 0 aromatic heterocycles. The predicted molar refractivity (Wildman–Crippen MR) is 25.5 cm³/mol. The fraction of sp³-hybridized carbons (Fsp3) is 1.00. The molecule has 0 heterocycles. The van der Waals surface area contributed by atoms with Crippen LogP contribution in [0.25, 0.3) is 0 Å². The van der Waals surface area contributed by atoms with Crippen molar-refractivity contribution in [2.75, 3.05) is 21.1 Å². The Kier molecular flexibility index (Phi) is 25.8. The van der Waals surface area contributed by atoms with Gasteiger partial charge in [0.1, 0.15) is 0 Å². The quantitative estimate of drug-likeness (QED) is 0.375. The van der Waals surface area contributed by atoms with Gasteiger partial charge in [-0.2, -0.15) is 0 Å². The van der Waals surface area contributed by atoms with Crippen LogP contribution in [0, 0.1) is 0 Å². The summed E-state index contributed by atoms with van der Waals surface area (Å²) in [5.41, 5.74) is 0. The topological polar surface area (TPSA) is 4.44 Å². The number of rotatable bonds is 0. The van der Waals surface area contributed by atoms with Gasteiger partial charge >= 0.3 is 58.2 Å². The molecule has 2 heteroatoms. The van der Waals surface area contributed by atoms with Crippen molar-refractivity contribution in [2.24, 2.45) is 0 Å². The summed E-state index contributed by atoms with van der Waals surface area (Å²) in [5.74, 6) is 0. The number of nitrogens with one attached hydrogen (secondary N) is 1. The van der Waals surface area contributed by atoms with Crippen molar-refractivity contribution in [3.8, 4) is 0 Å². The second-order valence-electron chi connectivity index (χ2n) is 1.50. The van der Waals surface area contributed by atoms with Crippen LogP contribution in [-0.4, -0.2) is 21.1 Å². The van der Waals surface area contributed by atoms with E-state index in [9.17, 15) is 0 Å². The third-order valence-electron chi connectivity index (χ3n) is 0. The fourth-order valence-corrected chi connectivity index (χ4v) is 0. The summed E-state index contributed by atoms with van der Waals surface area (Å²) in [7, 11) is 6.25. The first-order chi connectivity index (χ1) is 1.73. The predicted octanol–water partition coefficient (Wildman–Crippen LogP) is -3.60. The molecule has 0 atom stereocenters. The van der Waals surface area contributed by atoms with Crippen LogP contribution >= 0.6 is 0 Å². The first-order valence-electron chi connectivity index (χ1n) is 1.50. The molecule has 34 valence electrons. The normalized spacial score (nSPS) is 6.00. The van der Waals surface area contributed by atoms with Crippen molar-refractivity contribution in [3.05, 3.63) is 0 Å². The van der Waals surface area contributed by atoms with Gasteiger partial charge in [-0.25, -0.2) is 0 Å². The maximum absolute atomic E-state index is 2.08. The Balaban J connectivity index is -0.0000000450. The van der Waals surface area contributed by atoms with Gasteiger partial charge in [0.05, 0.1) is 21.1 Å². The van der Waals surface area contributed by atoms with Gasteiger partial charge in [0.2, 0.25) is 0 Å². The van der Waals surface area contributed by atoms with Gasteiger partial charge in [0.15, 0.2) is 0 Å². The van der Waals surface area contributed by atoms with Crippen molar-refractivity contribution in [3.63, 3.8) is 0 Å². The van der Waals surface area contributed by atoms with E-state index in [1.807, 2.05) is 0 Å². The van der Waals surface area contributed by atoms with E-state index in [4.69, 9.17) is 0 Å². The molecule has 6 heavy (non-hydrogen) atoms. The van der Waals surface area contributed by atoms with Gasteiger partial charge in [-0.1, -0.05) is 7.43 Å². The first kappa shape index (κ1) is 15.7. The van der Waals surface area contributed by atoms with Crippen LogP contribution in [-0.2, 0) is 0 Å². The number of quaternary nitrogens is 1. The average Bonchev–Trinajstić information content (AvgIpc) is 0.811. The van der Waals surface area contributed by atoms with Gasteiger partial charge in [0.25, 0.3) is 0 Å². The van der Waals surface area contributed by atoms with E-state index in [-0.39, 0.29) is 65.6 Å². The molecule has 0 aliphatic carbocycles. The number of hydrogen-bond acceptors (Lipinski definition) is 0. The Morgan fingerprint density at radius 2 is 1.00 bits per heavy atom. The molecule has 0 aliphatic heterocycles. The summed E-state index contributed by atoms with van der Waals surface area (Å²) >= 11 is 0. The van der Waals surface area contributed by atoms with Gasteiger partial charge in [-0.05, 0) is 0 Å². The standard InChI is InChI=1S/C3H9N.CH4.Rb/c1-4(2)3;;/h1-3H3;1H4;/q;;+1/p+1. The van der Waals surface area contributed by atoms with Gasteiger partial charge < -0.3 is 4.90 Å². The Morgan fingerprint density at radius 1 is 1.00 bits per heavy atom. The summed E-state index contributed by atoms with van der Waals surface area (Å²) in [4.78, 5) is 1.42. The Bertz CT molecular complexity index is 12.3. The summed E-state index contributed by atoms with van der Waals surface area (Å²) in [6.45, 7) is 0. The van der Waals surface area contributed by atoms with Crippen LogP contribution in [0.4, 0.5) is 0 Å². The summed E-state index contributed by atoms with van der Waals surface area (Å²) < 4.78 is 0. The van der Waals surface area contributed by atoms with Crippen LogP contribution in [0.2, 0.25) is 0 Å². The van der Waals surface area contributed by atoms with Crippen LogP contribution in [0.3, 0.4) is 0 Å². The molecule has 0 rings (SSSR count). The van der Waals surface area contributed by atoms with Crippen molar-refractivity contribution in [1.29, 1.82) is 0 Å². The van der Waals surface area contributed by atoms with Crippen molar-refractivity contribution in [2.45, 2.75) is 7.43 Å². The minimum absolute atomic E-state index is 0. The molecule has 0 aromatic rings. The molecular formula is C4H14NRb+2. The van der Waals surface area contributed by atoms with Crippen LogP contribution in [0.1, 0.15) is 7.43 Å². The molecule has 0 unspecified atom stereocenters. The van der Waals surface area contributed by atoms with E-state index in [2.05, 4.69) is 21.1 Å². The third-order valence-corrected chi connectivity index (χ3v) is 0. The zero-order valence-corrected chi connectivity index (χ0v) is 9.42. The monoisotopic (exact) mass is 161 g/mol. The Labute approximate surface area is 89.9 Å². The largest absolute Gasteiger partial charge is 1.00 e. The van der Waals surface area contributed by atoms with Crippen LogP contribution < -0.4 is 63.1 Å². The zero-order valence-electron chi connectivity index (χ0n) is 4.50. The molecule has 0 aromatic carbocycles. The maximum atomic E-state index is 2.08. The van der Waals surface area contributed by atoms with Gasteiger partial charge in [-0.15, -0.1) is 0 Å². The summed E-state index contributed by atoms with van der Waals surface area (Å²) in [6.07, 6.45) is 0. The molecule has 0 saturated carbocycles. The van der Waals surface area contributed by atoms with Crippen LogP contribution in [0.15, 0.2) is 0 Å². The van der Waals surface area contributed by atoms with E-state index in [1.54, 1.807) is 0 Å². The zero-order chi connectivity index (χ0) is 3.58. The molecule has 0 bridgehead atoms. The maximum Gasteiger partial charge on any atom is 1.00 e. The van der Waals surface area contributed by atoms with Gasteiger partial charge in [-0.3, -0.25) is 0 Å². The fourth-order valence-electron chi connectivity index (χ4n) is 0. The van der Waals surface area contributed by atoms with E-state index in [0.717, 1.165) is 0 Å². The molecule has 0 radical (unpaired) electrons. The van der Waals surface area contributed by atoms with Gasteiger partial charge in [0, 0.05) is 0 Å². The minimum atomic E-state index is 0. The number of hydrogen-bond donors (Lipinski definition) is 1. The molecule has 0 saturated heterocycles. The second-order valence-corrected chi connectivity index (χ2v) is 1.50. The smallest absolute Gasteiger partial charge is 0.342 e. The second kappa shape index (κ2) is 9.90. The van der Waals surface area contributed by atoms with Crippen molar-refractivity contribution in [1.82, 2.24) is 0 Å². The first-order valence-corrected chi connectivity index (χ1v) is 1.50. The Morgan fingerprint density at radius 3 is 1.00 bits per heavy atom. The van der Waals surface area contributed by atoms with Crippen LogP contribution in [0.5, 0.6) is 0 Å².